The summed E-state index contributed by atoms with van der Waals surface area (Å²) in [5.41, 5.74) is 9.55. The van der Waals surface area contributed by atoms with Gasteiger partial charge >= 0.3 is 0 Å². The van der Waals surface area contributed by atoms with Crippen molar-refractivity contribution in [3.63, 3.8) is 0 Å². The van der Waals surface area contributed by atoms with Crippen LogP contribution in [0.1, 0.15) is 11.1 Å². The predicted molar refractivity (Wildman–Crippen MR) is 77.3 cm³/mol. The molecule has 0 atom stereocenters. The van der Waals surface area contributed by atoms with Crippen LogP contribution in [0.25, 0.3) is 22.5 Å². The Kier molecular flexibility index (Phi) is 2.35. The second-order valence-electron chi connectivity index (χ2n) is 5.06. The summed E-state index contributed by atoms with van der Waals surface area (Å²) in [5, 5.41) is 10.5. The molecule has 3 N–H and O–H groups in total. The zero-order valence-corrected chi connectivity index (χ0v) is 11.4. The molecule has 0 aliphatic carbocycles. The fourth-order valence-corrected chi connectivity index (χ4v) is 2.74. The summed E-state index contributed by atoms with van der Waals surface area (Å²) in [6.45, 7) is 2.51. The number of fused-ring (bicyclic) bond motifs is 2. The van der Waals surface area contributed by atoms with E-state index in [1.165, 1.54) is 0 Å². The number of rotatable bonds is 1. The van der Waals surface area contributed by atoms with Gasteiger partial charge in [0.05, 0.1) is 12.3 Å². The van der Waals surface area contributed by atoms with Crippen molar-refractivity contribution in [1.82, 2.24) is 9.97 Å². The fraction of sp³-hybridized carbons (Fsp3) is 0.200. The fourth-order valence-electron chi connectivity index (χ4n) is 2.74. The van der Waals surface area contributed by atoms with E-state index in [1.54, 1.807) is 12.1 Å². The minimum Gasteiger partial charge on any atom is -0.507 e. The van der Waals surface area contributed by atoms with Gasteiger partial charge in [0, 0.05) is 17.5 Å². The maximum absolute atomic E-state index is 10.5. The summed E-state index contributed by atoms with van der Waals surface area (Å²) in [4.78, 5) is 8.45. The highest BCUT2D eigenvalue weighted by Crippen LogP contribution is 2.42. The first-order valence-corrected chi connectivity index (χ1v) is 6.65. The molecule has 0 spiro atoms. The molecule has 0 saturated carbocycles. The number of aryl methyl sites for hydroxylation is 1. The van der Waals surface area contributed by atoms with Crippen LogP contribution in [0.2, 0.25) is 0 Å². The molecule has 6 nitrogen and oxygen atoms in total. The van der Waals surface area contributed by atoms with E-state index in [9.17, 15) is 5.11 Å². The van der Waals surface area contributed by atoms with Gasteiger partial charge in [-0.2, -0.15) is 4.98 Å². The molecule has 0 saturated heterocycles. The van der Waals surface area contributed by atoms with Gasteiger partial charge in [-0.05, 0) is 30.7 Å². The first-order valence-electron chi connectivity index (χ1n) is 6.65. The lowest BCUT2D eigenvalue weighted by atomic mass is 9.98. The number of anilines is 1. The Morgan fingerprint density at radius 1 is 1.29 bits per heavy atom. The lowest BCUT2D eigenvalue weighted by Crippen LogP contribution is -1.92. The van der Waals surface area contributed by atoms with Crippen molar-refractivity contribution in [2.75, 3.05) is 12.3 Å². The number of oxazole rings is 1. The maximum atomic E-state index is 10.5. The van der Waals surface area contributed by atoms with Crippen molar-refractivity contribution < 1.29 is 14.3 Å². The second kappa shape index (κ2) is 4.12. The van der Waals surface area contributed by atoms with Crippen molar-refractivity contribution in [2.45, 2.75) is 13.3 Å². The van der Waals surface area contributed by atoms with Gasteiger partial charge in [0.15, 0.2) is 5.58 Å². The van der Waals surface area contributed by atoms with Gasteiger partial charge in [-0.3, -0.25) is 0 Å². The number of nitrogen functional groups attached to an aromatic ring is 1. The van der Waals surface area contributed by atoms with Crippen LogP contribution in [-0.4, -0.2) is 21.7 Å². The van der Waals surface area contributed by atoms with E-state index in [0.717, 1.165) is 16.9 Å². The van der Waals surface area contributed by atoms with E-state index in [0.29, 0.717) is 35.5 Å². The van der Waals surface area contributed by atoms with Gasteiger partial charge in [0.25, 0.3) is 6.01 Å². The zero-order chi connectivity index (χ0) is 14.6. The van der Waals surface area contributed by atoms with E-state index in [-0.39, 0.29) is 11.8 Å². The Balaban J connectivity index is 1.95. The predicted octanol–water partition coefficient (Wildman–Crippen LogP) is 2.42. The molecule has 1 aromatic carbocycles. The lowest BCUT2D eigenvalue weighted by molar-refractivity contribution is 0.356. The Hall–Kier alpha value is -2.76. The normalized spacial score (nSPS) is 13.4. The molecule has 1 aliphatic rings. The van der Waals surface area contributed by atoms with Crippen molar-refractivity contribution in [3.05, 3.63) is 29.3 Å². The summed E-state index contributed by atoms with van der Waals surface area (Å²) in [6, 6.07) is 5.55. The van der Waals surface area contributed by atoms with E-state index >= 15 is 0 Å². The molecule has 3 heterocycles. The van der Waals surface area contributed by atoms with Crippen molar-refractivity contribution in [3.8, 4) is 22.8 Å². The number of aromatic nitrogens is 2. The van der Waals surface area contributed by atoms with Gasteiger partial charge in [-0.25, -0.2) is 4.98 Å². The largest absolute Gasteiger partial charge is 0.507 e. The Labute approximate surface area is 120 Å². The lowest BCUT2D eigenvalue weighted by Gasteiger charge is -2.11. The number of phenolic OH excluding ortho intramolecular Hbond substituents is 1. The van der Waals surface area contributed by atoms with Gasteiger partial charge in [-0.1, -0.05) is 0 Å². The average Bonchev–Trinajstić information content (AvgIpc) is 3.03. The molecule has 2 aromatic heterocycles. The third kappa shape index (κ3) is 1.72. The van der Waals surface area contributed by atoms with Gasteiger partial charge in [0.1, 0.15) is 11.5 Å². The van der Waals surface area contributed by atoms with Gasteiger partial charge < -0.3 is 20.0 Å². The molecule has 0 fully saturated rings. The standard InChI is InChI=1S/C15H13N3O3/c1-7-6-11-8(4-5-20-11)13(19)12(7)9-2-3-10-14(17-9)18-15(16)21-10/h2-3,6,19H,4-5H2,1H3,(H2,16,17,18). The number of hydrogen-bond acceptors (Lipinski definition) is 6. The van der Waals surface area contributed by atoms with Crippen molar-refractivity contribution in [1.29, 1.82) is 0 Å². The quantitative estimate of drug-likeness (QED) is 0.712. The van der Waals surface area contributed by atoms with Crippen LogP contribution in [0.5, 0.6) is 11.5 Å². The highest BCUT2D eigenvalue weighted by molar-refractivity contribution is 5.80. The SMILES string of the molecule is Cc1cc2c(c(O)c1-c1ccc3oc(N)nc3n1)CCO2. The van der Waals surface area contributed by atoms with Crippen molar-refractivity contribution in [2.24, 2.45) is 0 Å². The Morgan fingerprint density at radius 3 is 3.00 bits per heavy atom. The monoisotopic (exact) mass is 283 g/mol. The first kappa shape index (κ1) is 12.0. The number of nitrogens with zero attached hydrogens (tertiary/aromatic N) is 2. The molecular weight excluding hydrogens is 270 g/mol. The molecule has 0 radical (unpaired) electrons. The van der Waals surface area contributed by atoms with E-state index in [4.69, 9.17) is 14.9 Å². The van der Waals surface area contributed by atoms with E-state index in [1.807, 2.05) is 13.0 Å². The van der Waals surface area contributed by atoms with E-state index < -0.39 is 0 Å². The summed E-state index contributed by atoms with van der Waals surface area (Å²) in [6.07, 6.45) is 0.702. The van der Waals surface area contributed by atoms with Crippen LogP contribution < -0.4 is 10.5 Å². The van der Waals surface area contributed by atoms with Crippen LogP contribution >= 0.6 is 0 Å². The zero-order valence-electron chi connectivity index (χ0n) is 11.4. The van der Waals surface area contributed by atoms with Crippen molar-refractivity contribution >= 4 is 17.2 Å². The average molecular weight is 283 g/mol. The number of hydrogen-bond donors (Lipinski definition) is 2. The topological polar surface area (TPSA) is 94.4 Å². The van der Waals surface area contributed by atoms with Crippen LogP contribution in [0.15, 0.2) is 22.6 Å². The number of nitrogens with two attached hydrogens (primary N) is 1. The Morgan fingerprint density at radius 2 is 2.14 bits per heavy atom. The molecule has 1 aliphatic heterocycles. The highest BCUT2D eigenvalue weighted by atomic mass is 16.5. The van der Waals surface area contributed by atoms with Gasteiger partial charge in [0.2, 0.25) is 5.65 Å². The summed E-state index contributed by atoms with van der Waals surface area (Å²) < 4.78 is 10.7. The molecule has 3 aromatic rings. The molecule has 0 bridgehead atoms. The smallest absolute Gasteiger partial charge is 0.294 e. The summed E-state index contributed by atoms with van der Waals surface area (Å²) in [5.74, 6) is 0.978. The molecule has 6 heteroatoms. The molecule has 0 unspecified atom stereocenters. The van der Waals surface area contributed by atoms with Crippen LogP contribution in [0.3, 0.4) is 0 Å². The molecular formula is C15H13N3O3. The van der Waals surface area contributed by atoms with Crippen LogP contribution in [0.4, 0.5) is 6.01 Å². The molecule has 21 heavy (non-hydrogen) atoms. The van der Waals surface area contributed by atoms with E-state index in [2.05, 4.69) is 9.97 Å². The Bertz CT molecular complexity index is 870. The minimum atomic E-state index is 0.0814. The number of pyridine rings is 1. The maximum Gasteiger partial charge on any atom is 0.294 e. The first-order chi connectivity index (χ1) is 10.1. The second-order valence-corrected chi connectivity index (χ2v) is 5.06. The highest BCUT2D eigenvalue weighted by Gasteiger charge is 2.23. The minimum absolute atomic E-state index is 0.0814. The van der Waals surface area contributed by atoms with Gasteiger partial charge in [-0.15, -0.1) is 0 Å². The number of benzene rings is 1. The summed E-state index contributed by atoms with van der Waals surface area (Å²) in [7, 11) is 0. The molecule has 106 valence electrons. The molecule has 4 rings (SSSR count). The number of phenols is 1. The molecule has 0 amide bonds. The van der Waals surface area contributed by atoms with Crippen LogP contribution in [-0.2, 0) is 6.42 Å². The third-order valence-electron chi connectivity index (χ3n) is 3.70. The number of aromatic hydroxyl groups is 1. The summed E-state index contributed by atoms with van der Waals surface area (Å²) >= 11 is 0. The number of ether oxygens (including phenoxy) is 1. The van der Waals surface area contributed by atoms with Crippen LogP contribution in [0, 0.1) is 6.92 Å². The third-order valence-corrected chi connectivity index (χ3v) is 3.70.